The third-order valence-corrected chi connectivity index (χ3v) is 5.57. The van der Waals surface area contributed by atoms with E-state index in [1.54, 1.807) is 63.2 Å². The first-order chi connectivity index (χ1) is 12.0. The van der Waals surface area contributed by atoms with Crippen LogP contribution in [0, 0.1) is 12.3 Å². The lowest BCUT2D eigenvalue weighted by Crippen LogP contribution is -2.51. The smallest absolute Gasteiger partial charge is 0.344 e. The van der Waals surface area contributed by atoms with Crippen LogP contribution in [0.4, 0.5) is 0 Å². The molecule has 6 heteroatoms. The fourth-order valence-electron chi connectivity index (χ4n) is 2.80. The van der Waals surface area contributed by atoms with Crippen molar-refractivity contribution in [3.05, 3.63) is 65.7 Å². The molecule has 2 aromatic rings. The summed E-state index contributed by atoms with van der Waals surface area (Å²) < 4.78 is 36.6. The van der Waals surface area contributed by atoms with Crippen LogP contribution in [0.15, 0.2) is 59.5 Å². The summed E-state index contributed by atoms with van der Waals surface area (Å²) in [6, 6.07) is 14.8. The minimum absolute atomic E-state index is 0.0171. The zero-order chi connectivity index (χ0) is 19.6. The van der Waals surface area contributed by atoms with Gasteiger partial charge in [0.2, 0.25) is 5.60 Å². The van der Waals surface area contributed by atoms with Crippen LogP contribution >= 0.6 is 0 Å². The third kappa shape index (κ3) is 3.66. The van der Waals surface area contributed by atoms with Gasteiger partial charge in [-0.1, -0.05) is 68.8 Å². The summed E-state index contributed by atoms with van der Waals surface area (Å²) in [6.07, 6.45) is 0. The average molecular weight is 376 g/mol. The van der Waals surface area contributed by atoms with Gasteiger partial charge in [0.05, 0.1) is 12.0 Å². The molecule has 140 valence electrons. The number of hydrogen-bond donors (Lipinski definition) is 0. The molecular formula is C20H24O5S. The van der Waals surface area contributed by atoms with Gasteiger partial charge >= 0.3 is 5.97 Å². The van der Waals surface area contributed by atoms with E-state index in [1.807, 2.05) is 6.92 Å². The highest BCUT2D eigenvalue weighted by atomic mass is 32.2. The Kier molecular flexibility index (Phi) is 5.58. The van der Waals surface area contributed by atoms with Crippen LogP contribution < -0.4 is 0 Å². The van der Waals surface area contributed by atoms with E-state index in [1.165, 1.54) is 19.2 Å². The van der Waals surface area contributed by atoms with E-state index in [9.17, 15) is 13.2 Å². The molecule has 0 saturated heterocycles. The fourth-order valence-corrected chi connectivity index (χ4v) is 4.11. The van der Waals surface area contributed by atoms with E-state index in [2.05, 4.69) is 0 Å². The molecule has 0 fully saturated rings. The number of carbonyl (C=O) groups excluding carboxylic acids is 1. The summed E-state index contributed by atoms with van der Waals surface area (Å²) in [5, 5.41) is 0. The molecule has 0 spiro atoms. The van der Waals surface area contributed by atoms with Crippen molar-refractivity contribution in [2.45, 2.75) is 38.2 Å². The zero-order valence-corrected chi connectivity index (χ0v) is 16.5. The molecule has 0 aliphatic carbocycles. The van der Waals surface area contributed by atoms with Gasteiger partial charge in [0.15, 0.2) is 0 Å². The number of methoxy groups -OCH3 is 1. The second-order valence-electron chi connectivity index (χ2n) is 7.14. The van der Waals surface area contributed by atoms with Gasteiger partial charge in [-0.25, -0.2) is 8.98 Å². The van der Waals surface area contributed by atoms with Crippen molar-refractivity contribution in [1.29, 1.82) is 0 Å². The molecule has 5 nitrogen and oxygen atoms in total. The monoisotopic (exact) mass is 376 g/mol. The van der Waals surface area contributed by atoms with E-state index >= 15 is 0 Å². The van der Waals surface area contributed by atoms with Crippen molar-refractivity contribution in [2.24, 2.45) is 5.41 Å². The highest BCUT2D eigenvalue weighted by Gasteiger charge is 2.55. The minimum Gasteiger partial charge on any atom is -0.467 e. The molecule has 0 radical (unpaired) electrons. The van der Waals surface area contributed by atoms with Gasteiger partial charge in [0.1, 0.15) is 0 Å². The molecule has 0 aliphatic rings. The molecule has 0 aromatic heterocycles. The number of esters is 1. The molecule has 2 aromatic carbocycles. The SMILES string of the molecule is COC(=O)C(OS(=O)(=O)c1ccc(C)cc1)(c1ccccc1)C(C)(C)C. The van der Waals surface area contributed by atoms with E-state index in [4.69, 9.17) is 8.92 Å². The Bertz CT molecular complexity index is 865. The minimum atomic E-state index is -4.22. The second-order valence-corrected chi connectivity index (χ2v) is 8.69. The molecule has 26 heavy (non-hydrogen) atoms. The largest absolute Gasteiger partial charge is 0.467 e. The molecule has 1 unspecified atom stereocenters. The van der Waals surface area contributed by atoms with E-state index < -0.39 is 27.1 Å². The molecular weight excluding hydrogens is 352 g/mol. The first-order valence-electron chi connectivity index (χ1n) is 8.21. The number of benzene rings is 2. The third-order valence-electron chi connectivity index (χ3n) is 4.25. The Hall–Kier alpha value is -2.18. The van der Waals surface area contributed by atoms with Crippen LogP contribution in [0.2, 0.25) is 0 Å². The van der Waals surface area contributed by atoms with Crippen molar-refractivity contribution in [1.82, 2.24) is 0 Å². The topological polar surface area (TPSA) is 69.7 Å². The second kappa shape index (κ2) is 7.21. The van der Waals surface area contributed by atoms with Crippen LogP contribution in [-0.2, 0) is 29.4 Å². The van der Waals surface area contributed by atoms with Crippen LogP contribution in [0.1, 0.15) is 31.9 Å². The molecule has 0 N–H and O–H groups in total. The van der Waals surface area contributed by atoms with Gasteiger partial charge in [-0.2, -0.15) is 8.42 Å². The van der Waals surface area contributed by atoms with Crippen molar-refractivity contribution in [2.75, 3.05) is 7.11 Å². The lowest BCUT2D eigenvalue weighted by molar-refractivity contribution is -0.171. The van der Waals surface area contributed by atoms with Gasteiger partial charge in [-0.3, -0.25) is 0 Å². The summed E-state index contributed by atoms with van der Waals surface area (Å²) in [4.78, 5) is 12.8. The van der Waals surface area contributed by atoms with Crippen LogP contribution in [0.5, 0.6) is 0 Å². The highest BCUT2D eigenvalue weighted by molar-refractivity contribution is 7.86. The Labute approximate surface area is 155 Å². The average Bonchev–Trinajstić information content (AvgIpc) is 2.59. The number of rotatable bonds is 5. The predicted molar refractivity (Wildman–Crippen MR) is 99.0 cm³/mol. The molecule has 0 bridgehead atoms. The first-order valence-corrected chi connectivity index (χ1v) is 9.62. The van der Waals surface area contributed by atoms with Crippen LogP contribution in [0.3, 0.4) is 0 Å². The van der Waals surface area contributed by atoms with Gasteiger partial charge in [0, 0.05) is 5.41 Å². The standard InChI is InChI=1S/C20H24O5S/c1-15-11-13-17(14-12-15)26(22,23)25-20(18(21)24-5,19(2,3)4)16-9-7-6-8-10-16/h6-14H,1-5H3. The lowest BCUT2D eigenvalue weighted by Gasteiger charge is -2.41. The number of ether oxygens (including phenoxy) is 1. The molecule has 0 saturated carbocycles. The van der Waals surface area contributed by atoms with Crippen LogP contribution in [-0.4, -0.2) is 21.5 Å². The quantitative estimate of drug-likeness (QED) is 0.586. The maximum atomic E-state index is 13.0. The van der Waals surface area contributed by atoms with E-state index in [-0.39, 0.29) is 4.90 Å². The van der Waals surface area contributed by atoms with Gasteiger partial charge < -0.3 is 4.74 Å². The Balaban J connectivity index is 2.68. The Morgan fingerprint density at radius 1 is 0.923 bits per heavy atom. The summed E-state index contributed by atoms with van der Waals surface area (Å²) >= 11 is 0. The van der Waals surface area contributed by atoms with E-state index in [0.717, 1.165) is 5.56 Å². The maximum absolute atomic E-state index is 13.0. The lowest BCUT2D eigenvalue weighted by atomic mass is 9.72. The van der Waals surface area contributed by atoms with Gasteiger partial charge in [-0.15, -0.1) is 0 Å². The summed E-state index contributed by atoms with van der Waals surface area (Å²) in [6.45, 7) is 7.07. The normalized spacial score (nSPS) is 14.5. The number of hydrogen-bond acceptors (Lipinski definition) is 5. The summed E-state index contributed by atoms with van der Waals surface area (Å²) in [5.41, 5.74) is -1.40. The number of aryl methyl sites for hydroxylation is 1. The van der Waals surface area contributed by atoms with Crippen molar-refractivity contribution in [3.8, 4) is 0 Å². The van der Waals surface area contributed by atoms with Crippen molar-refractivity contribution in [3.63, 3.8) is 0 Å². The van der Waals surface area contributed by atoms with Crippen LogP contribution in [0.25, 0.3) is 0 Å². The molecule has 0 aliphatic heterocycles. The van der Waals surface area contributed by atoms with Gasteiger partial charge in [-0.05, 0) is 24.6 Å². The number of carbonyl (C=O) groups is 1. The molecule has 1 atom stereocenters. The summed E-state index contributed by atoms with van der Waals surface area (Å²) in [7, 11) is -3.01. The summed E-state index contributed by atoms with van der Waals surface area (Å²) in [5.74, 6) is -0.771. The molecule has 0 heterocycles. The van der Waals surface area contributed by atoms with Gasteiger partial charge in [0.25, 0.3) is 10.1 Å². The molecule has 2 rings (SSSR count). The zero-order valence-electron chi connectivity index (χ0n) is 15.6. The Morgan fingerprint density at radius 2 is 1.46 bits per heavy atom. The Morgan fingerprint density at radius 3 is 1.92 bits per heavy atom. The fraction of sp³-hybridized carbons (Fsp3) is 0.350. The van der Waals surface area contributed by atoms with E-state index in [0.29, 0.717) is 5.56 Å². The van der Waals surface area contributed by atoms with Crippen molar-refractivity contribution >= 4 is 16.1 Å². The predicted octanol–water partition coefficient (Wildman–Crippen LogP) is 3.81. The van der Waals surface area contributed by atoms with Crippen molar-refractivity contribution < 1.29 is 22.1 Å². The first kappa shape index (κ1) is 20.1. The highest BCUT2D eigenvalue weighted by Crippen LogP contribution is 2.45. The molecule has 0 amide bonds. The maximum Gasteiger partial charge on any atom is 0.344 e.